The number of hydrogen-bond acceptors (Lipinski definition) is 3. The van der Waals surface area contributed by atoms with Crippen LogP contribution in [0.2, 0.25) is 0 Å². The summed E-state index contributed by atoms with van der Waals surface area (Å²) in [6.07, 6.45) is 0.373. The van der Waals surface area contributed by atoms with E-state index in [2.05, 4.69) is 31.4 Å². The predicted molar refractivity (Wildman–Crippen MR) is 77.2 cm³/mol. The van der Waals surface area contributed by atoms with Crippen molar-refractivity contribution in [2.75, 3.05) is 13.7 Å². The van der Waals surface area contributed by atoms with Crippen LogP contribution in [0.1, 0.15) is 32.8 Å². The topological polar surface area (TPSA) is 50.4 Å². The average Bonchev–Trinajstić information content (AvgIpc) is 2.36. The van der Waals surface area contributed by atoms with E-state index >= 15 is 0 Å². The first-order valence-corrected chi connectivity index (χ1v) is 6.58. The summed E-state index contributed by atoms with van der Waals surface area (Å²) in [7, 11) is 1.63. The van der Waals surface area contributed by atoms with Crippen molar-refractivity contribution in [1.29, 1.82) is 0 Å². The van der Waals surface area contributed by atoms with Gasteiger partial charge in [0.25, 0.3) is 0 Å². The van der Waals surface area contributed by atoms with E-state index < -0.39 is 0 Å². The van der Waals surface area contributed by atoms with E-state index in [9.17, 15) is 4.79 Å². The Bertz CT molecular complexity index is 411. The number of rotatable bonds is 6. The van der Waals surface area contributed by atoms with Crippen molar-refractivity contribution in [3.8, 4) is 5.75 Å². The predicted octanol–water partition coefficient (Wildman–Crippen LogP) is 2.09. The van der Waals surface area contributed by atoms with Gasteiger partial charge < -0.3 is 15.4 Å². The molecule has 4 nitrogen and oxygen atoms in total. The molecule has 19 heavy (non-hydrogen) atoms. The van der Waals surface area contributed by atoms with Gasteiger partial charge in [-0.05, 0) is 26.8 Å². The van der Waals surface area contributed by atoms with Crippen LogP contribution in [0.5, 0.6) is 5.75 Å². The third-order valence-corrected chi connectivity index (χ3v) is 2.65. The average molecular weight is 264 g/mol. The summed E-state index contributed by atoms with van der Waals surface area (Å²) in [4.78, 5) is 11.1. The van der Waals surface area contributed by atoms with Gasteiger partial charge in [0.1, 0.15) is 5.75 Å². The fourth-order valence-electron chi connectivity index (χ4n) is 1.53. The molecular formula is C15H24N2O2. The smallest absolute Gasteiger partial charge is 0.223 e. The summed E-state index contributed by atoms with van der Waals surface area (Å²) in [5.74, 6) is 0.827. The van der Waals surface area contributed by atoms with Crippen LogP contribution >= 0.6 is 0 Å². The molecule has 1 aromatic rings. The van der Waals surface area contributed by atoms with E-state index in [1.807, 2.05) is 24.3 Å². The number of hydrogen-bond donors (Lipinski definition) is 2. The molecular weight excluding hydrogens is 240 g/mol. The second kappa shape index (κ2) is 7.14. The second-order valence-corrected chi connectivity index (χ2v) is 5.48. The van der Waals surface area contributed by atoms with Crippen LogP contribution in [-0.2, 0) is 11.3 Å². The van der Waals surface area contributed by atoms with Gasteiger partial charge in [-0.1, -0.05) is 18.2 Å². The monoisotopic (exact) mass is 264 g/mol. The minimum Gasteiger partial charge on any atom is -0.493 e. The molecule has 0 aromatic heterocycles. The maximum absolute atomic E-state index is 11.1. The third-order valence-electron chi connectivity index (χ3n) is 2.65. The molecule has 0 atom stereocenters. The van der Waals surface area contributed by atoms with E-state index in [1.54, 1.807) is 7.05 Å². The lowest BCUT2D eigenvalue weighted by Crippen LogP contribution is -2.35. The Morgan fingerprint density at radius 2 is 1.95 bits per heavy atom. The number of nitrogens with one attached hydrogen (secondary N) is 2. The standard InChI is InChI=1S/C15H24N2O2/c1-15(2,3)17-11-12-7-5-6-8-13(12)19-10-9-14(18)16-4/h5-8,17H,9-11H2,1-4H3,(H,16,18). The van der Waals surface area contributed by atoms with Crippen LogP contribution in [0.15, 0.2) is 24.3 Å². The van der Waals surface area contributed by atoms with Gasteiger partial charge in [0, 0.05) is 24.7 Å². The largest absolute Gasteiger partial charge is 0.493 e. The first kappa shape index (κ1) is 15.5. The zero-order valence-corrected chi connectivity index (χ0v) is 12.2. The van der Waals surface area contributed by atoms with Gasteiger partial charge in [-0.3, -0.25) is 4.79 Å². The van der Waals surface area contributed by atoms with Gasteiger partial charge >= 0.3 is 0 Å². The van der Waals surface area contributed by atoms with E-state index in [-0.39, 0.29) is 11.4 Å². The summed E-state index contributed by atoms with van der Waals surface area (Å²) < 4.78 is 5.67. The molecule has 0 aliphatic heterocycles. The Labute approximate surface area is 115 Å². The van der Waals surface area contributed by atoms with Crippen LogP contribution < -0.4 is 15.4 Å². The molecule has 1 amide bonds. The molecule has 0 heterocycles. The fourth-order valence-corrected chi connectivity index (χ4v) is 1.53. The summed E-state index contributed by atoms with van der Waals surface area (Å²) in [6, 6.07) is 7.90. The van der Waals surface area contributed by atoms with Crippen LogP contribution in [0.3, 0.4) is 0 Å². The number of benzene rings is 1. The molecule has 0 bridgehead atoms. The SMILES string of the molecule is CNC(=O)CCOc1ccccc1CNC(C)(C)C. The number of ether oxygens (including phenoxy) is 1. The van der Waals surface area contributed by atoms with E-state index in [4.69, 9.17) is 4.74 Å². The van der Waals surface area contributed by atoms with E-state index in [0.29, 0.717) is 13.0 Å². The Hall–Kier alpha value is -1.55. The molecule has 0 aliphatic rings. The minimum absolute atomic E-state index is 0.00898. The molecule has 0 fully saturated rings. The first-order chi connectivity index (χ1) is 8.92. The third kappa shape index (κ3) is 6.25. The highest BCUT2D eigenvalue weighted by Crippen LogP contribution is 2.18. The van der Waals surface area contributed by atoms with Crippen molar-refractivity contribution in [3.63, 3.8) is 0 Å². The van der Waals surface area contributed by atoms with Gasteiger partial charge in [0.05, 0.1) is 13.0 Å². The quantitative estimate of drug-likeness (QED) is 0.827. The zero-order valence-electron chi connectivity index (χ0n) is 12.2. The van der Waals surface area contributed by atoms with Gasteiger partial charge in [0.15, 0.2) is 0 Å². The van der Waals surface area contributed by atoms with Crippen molar-refractivity contribution in [2.45, 2.75) is 39.3 Å². The second-order valence-electron chi connectivity index (χ2n) is 5.48. The lowest BCUT2D eigenvalue weighted by atomic mass is 10.1. The molecule has 0 radical (unpaired) electrons. The molecule has 0 saturated heterocycles. The van der Waals surface area contributed by atoms with Crippen LogP contribution in [0.25, 0.3) is 0 Å². The number of amides is 1. The molecule has 1 rings (SSSR count). The molecule has 0 unspecified atom stereocenters. The highest BCUT2D eigenvalue weighted by molar-refractivity contribution is 5.75. The normalized spacial score (nSPS) is 11.2. The van der Waals surface area contributed by atoms with Crippen molar-refractivity contribution in [1.82, 2.24) is 10.6 Å². The van der Waals surface area contributed by atoms with Gasteiger partial charge in [-0.2, -0.15) is 0 Å². The summed E-state index contributed by atoms with van der Waals surface area (Å²) in [6.45, 7) is 7.53. The Balaban J connectivity index is 2.55. The van der Waals surface area contributed by atoms with Crippen molar-refractivity contribution >= 4 is 5.91 Å². The summed E-state index contributed by atoms with van der Waals surface area (Å²) in [5, 5.41) is 6.01. The lowest BCUT2D eigenvalue weighted by Gasteiger charge is -2.21. The Morgan fingerprint density at radius 3 is 2.58 bits per heavy atom. The van der Waals surface area contributed by atoms with Crippen molar-refractivity contribution in [3.05, 3.63) is 29.8 Å². The van der Waals surface area contributed by atoms with E-state index in [0.717, 1.165) is 17.9 Å². The number of carbonyl (C=O) groups is 1. The Morgan fingerprint density at radius 1 is 1.26 bits per heavy atom. The number of para-hydroxylation sites is 1. The van der Waals surface area contributed by atoms with Gasteiger partial charge in [-0.25, -0.2) is 0 Å². The maximum Gasteiger partial charge on any atom is 0.223 e. The zero-order chi connectivity index (χ0) is 14.3. The maximum atomic E-state index is 11.1. The fraction of sp³-hybridized carbons (Fsp3) is 0.533. The highest BCUT2D eigenvalue weighted by atomic mass is 16.5. The van der Waals surface area contributed by atoms with Gasteiger partial charge in [0.2, 0.25) is 5.91 Å². The first-order valence-electron chi connectivity index (χ1n) is 6.58. The summed E-state index contributed by atoms with van der Waals surface area (Å²) >= 11 is 0. The van der Waals surface area contributed by atoms with Crippen LogP contribution in [0, 0.1) is 0 Å². The Kier molecular flexibility index (Phi) is 5.83. The minimum atomic E-state index is -0.00898. The highest BCUT2D eigenvalue weighted by Gasteiger charge is 2.10. The molecule has 0 saturated carbocycles. The molecule has 2 N–H and O–H groups in total. The van der Waals surface area contributed by atoms with E-state index in [1.165, 1.54) is 0 Å². The van der Waals surface area contributed by atoms with Crippen molar-refractivity contribution < 1.29 is 9.53 Å². The molecule has 0 spiro atoms. The molecule has 0 aliphatic carbocycles. The molecule has 4 heteroatoms. The molecule has 1 aromatic carbocycles. The van der Waals surface area contributed by atoms with Gasteiger partial charge in [-0.15, -0.1) is 0 Å². The van der Waals surface area contributed by atoms with Crippen LogP contribution in [0.4, 0.5) is 0 Å². The molecule has 106 valence electrons. The lowest BCUT2D eigenvalue weighted by molar-refractivity contribution is -0.121. The summed E-state index contributed by atoms with van der Waals surface area (Å²) in [5.41, 5.74) is 1.17. The number of carbonyl (C=O) groups excluding carboxylic acids is 1. The van der Waals surface area contributed by atoms with Crippen molar-refractivity contribution in [2.24, 2.45) is 0 Å². The van der Waals surface area contributed by atoms with Crippen LogP contribution in [-0.4, -0.2) is 25.1 Å².